The first-order chi connectivity index (χ1) is 10.6. The summed E-state index contributed by atoms with van der Waals surface area (Å²) in [6.07, 6.45) is 2.12. The Balaban J connectivity index is 2.24. The quantitative estimate of drug-likeness (QED) is 0.838. The average Bonchev–Trinajstić information content (AvgIpc) is 2.55. The maximum Gasteiger partial charge on any atom is 0.244 e. The van der Waals surface area contributed by atoms with Crippen molar-refractivity contribution in [3.63, 3.8) is 0 Å². The number of nitrogens with zero attached hydrogens (tertiary/aromatic N) is 2. The van der Waals surface area contributed by atoms with Gasteiger partial charge in [0.25, 0.3) is 0 Å². The molecule has 1 saturated heterocycles. The second-order valence-electron chi connectivity index (χ2n) is 5.87. The molecule has 0 spiro atoms. The maximum absolute atomic E-state index is 13.0. The Morgan fingerprint density at radius 2 is 2.05 bits per heavy atom. The molecule has 2 rings (SSSR count). The maximum atomic E-state index is 13.0. The number of amides is 1. The molecule has 1 atom stereocenters. The van der Waals surface area contributed by atoms with Crippen LogP contribution in [-0.4, -0.2) is 60.6 Å². The summed E-state index contributed by atoms with van der Waals surface area (Å²) in [6, 6.07) is 6.76. The SMILES string of the molecule is CCCCN(C)C(C(=O)N1CCNCC1)c1ccccc1O. The van der Waals surface area contributed by atoms with E-state index in [0.29, 0.717) is 5.56 Å². The summed E-state index contributed by atoms with van der Waals surface area (Å²) < 4.78 is 0. The Bertz CT molecular complexity index is 487. The average molecular weight is 305 g/mol. The normalized spacial score (nSPS) is 16.8. The summed E-state index contributed by atoms with van der Waals surface area (Å²) in [4.78, 5) is 17.0. The lowest BCUT2D eigenvalue weighted by Gasteiger charge is -2.35. The van der Waals surface area contributed by atoms with E-state index in [1.807, 2.05) is 24.1 Å². The number of piperazine rings is 1. The molecule has 5 nitrogen and oxygen atoms in total. The minimum absolute atomic E-state index is 0.0848. The third kappa shape index (κ3) is 3.99. The van der Waals surface area contributed by atoms with Crippen molar-refractivity contribution >= 4 is 5.91 Å². The van der Waals surface area contributed by atoms with E-state index < -0.39 is 6.04 Å². The van der Waals surface area contributed by atoms with Crippen LogP contribution in [0.5, 0.6) is 5.75 Å². The molecule has 5 heteroatoms. The van der Waals surface area contributed by atoms with Crippen LogP contribution < -0.4 is 5.32 Å². The van der Waals surface area contributed by atoms with Gasteiger partial charge in [-0.2, -0.15) is 0 Å². The lowest BCUT2D eigenvalue weighted by Crippen LogP contribution is -2.50. The van der Waals surface area contributed by atoms with Crippen LogP contribution in [0.1, 0.15) is 31.4 Å². The van der Waals surface area contributed by atoms with Crippen molar-refractivity contribution < 1.29 is 9.90 Å². The highest BCUT2D eigenvalue weighted by Gasteiger charge is 2.31. The van der Waals surface area contributed by atoms with Crippen LogP contribution in [0.2, 0.25) is 0 Å². The molecule has 1 unspecified atom stereocenters. The van der Waals surface area contributed by atoms with Crippen LogP contribution in [0.3, 0.4) is 0 Å². The number of benzene rings is 1. The molecule has 1 aromatic rings. The number of phenolic OH excluding ortho intramolecular Hbond substituents is 1. The van der Waals surface area contributed by atoms with Gasteiger partial charge in [-0.15, -0.1) is 0 Å². The van der Waals surface area contributed by atoms with Crippen molar-refractivity contribution in [2.45, 2.75) is 25.8 Å². The Hall–Kier alpha value is -1.59. The number of nitrogens with one attached hydrogen (secondary N) is 1. The zero-order chi connectivity index (χ0) is 15.9. The second kappa shape index (κ2) is 8.15. The van der Waals surface area contributed by atoms with Crippen molar-refractivity contribution in [1.29, 1.82) is 0 Å². The molecule has 1 aliphatic heterocycles. The fraction of sp³-hybridized carbons (Fsp3) is 0.588. The summed E-state index contributed by atoms with van der Waals surface area (Å²) in [5.74, 6) is 0.279. The topological polar surface area (TPSA) is 55.8 Å². The van der Waals surface area contributed by atoms with E-state index in [9.17, 15) is 9.90 Å². The first kappa shape index (κ1) is 16.8. The Morgan fingerprint density at radius 3 is 2.68 bits per heavy atom. The van der Waals surface area contributed by atoms with E-state index in [-0.39, 0.29) is 11.7 Å². The predicted molar refractivity (Wildman–Crippen MR) is 87.8 cm³/mol. The van der Waals surface area contributed by atoms with Crippen LogP contribution in [0.15, 0.2) is 24.3 Å². The first-order valence-electron chi connectivity index (χ1n) is 8.12. The summed E-state index contributed by atoms with van der Waals surface area (Å²) in [6.45, 7) is 6.10. The van der Waals surface area contributed by atoms with E-state index in [0.717, 1.165) is 45.6 Å². The van der Waals surface area contributed by atoms with E-state index in [2.05, 4.69) is 17.1 Å². The molecule has 0 radical (unpaired) electrons. The molecule has 1 amide bonds. The van der Waals surface area contributed by atoms with Crippen molar-refractivity contribution in [2.75, 3.05) is 39.8 Å². The highest BCUT2D eigenvalue weighted by molar-refractivity contribution is 5.84. The van der Waals surface area contributed by atoms with Crippen LogP contribution in [0, 0.1) is 0 Å². The molecule has 1 fully saturated rings. The number of carbonyl (C=O) groups excluding carboxylic acids is 1. The smallest absolute Gasteiger partial charge is 0.244 e. The molecule has 2 N–H and O–H groups in total. The van der Waals surface area contributed by atoms with Crippen molar-refractivity contribution in [3.05, 3.63) is 29.8 Å². The molecular weight excluding hydrogens is 278 g/mol. The third-order valence-electron chi connectivity index (χ3n) is 4.20. The zero-order valence-corrected chi connectivity index (χ0v) is 13.6. The molecule has 22 heavy (non-hydrogen) atoms. The minimum Gasteiger partial charge on any atom is -0.508 e. The van der Waals surface area contributed by atoms with E-state index in [1.165, 1.54) is 0 Å². The van der Waals surface area contributed by atoms with Gasteiger partial charge in [0.05, 0.1) is 0 Å². The molecule has 122 valence electrons. The van der Waals surface area contributed by atoms with Gasteiger partial charge < -0.3 is 15.3 Å². The molecule has 1 aliphatic rings. The van der Waals surface area contributed by atoms with Crippen LogP contribution in [-0.2, 0) is 4.79 Å². The Labute approximate surface area is 132 Å². The number of phenols is 1. The zero-order valence-electron chi connectivity index (χ0n) is 13.6. The van der Waals surface area contributed by atoms with Gasteiger partial charge in [-0.05, 0) is 26.1 Å². The Morgan fingerprint density at radius 1 is 1.36 bits per heavy atom. The monoisotopic (exact) mass is 305 g/mol. The van der Waals surface area contributed by atoms with Crippen LogP contribution >= 0.6 is 0 Å². The minimum atomic E-state index is -0.411. The molecule has 1 aromatic carbocycles. The number of unbranched alkanes of at least 4 members (excludes halogenated alkanes) is 1. The Kier molecular flexibility index (Phi) is 6.21. The van der Waals surface area contributed by atoms with Gasteiger partial charge in [0.15, 0.2) is 0 Å². The predicted octanol–water partition coefficient (Wildman–Crippen LogP) is 1.60. The van der Waals surface area contributed by atoms with Crippen molar-refractivity contribution in [1.82, 2.24) is 15.1 Å². The number of aromatic hydroxyl groups is 1. The summed E-state index contributed by atoms with van der Waals surface area (Å²) >= 11 is 0. The lowest BCUT2D eigenvalue weighted by molar-refractivity contribution is -0.137. The second-order valence-corrected chi connectivity index (χ2v) is 5.87. The van der Waals surface area contributed by atoms with E-state index >= 15 is 0 Å². The van der Waals surface area contributed by atoms with Crippen LogP contribution in [0.4, 0.5) is 0 Å². The molecule has 0 aromatic heterocycles. The van der Waals surface area contributed by atoms with Gasteiger partial charge in [0.2, 0.25) is 5.91 Å². The van der Waals surface area contributed by atoms with E-state index in [1.54, 1.807) is 12.1 Å². The van der Waals surface area contributed by atoms with Gasteiger partial charge >= 0.3 is 0 Å². The highest BCUT2D eigenvalue weighted by atomic mass is 16.3. The summed E-state index contributed by atoms with van der Waals surface area (Å²) in [5, 5.41) is 13.5. The molecule has 0 saturated carbocycles. The number of rotatable bonds is 6. The first-order valence-corrected chi connectivity index (χ1v) is 8.12. The fourth-order valence-electron chi connectivity index (χ4n) is 2.87. The fourth-order valence-corrected chi connectivity index (χ4v) is 2.87. The molecule has 0 bridgehead atoms. The largest absolute Gasteiger partial charge is 0.508 e. The molecular formula is C17H27N3O2. The van der Waals surface area contributed by atoms with Crippen LogP contribution in [0.25, 0.3) is 0 Å². The molecule has 1 heterocycles. The third-order valence-corrected chi connectivity index (χ3v) is 4.20. The van der Waals surface area contributed by atoms with Gasteiger partial charge in [-0.1, -0.05) is 31.5 Å². The van der Waals surface area contributed by atoms with Gasteiger partial charge in [-0.25, -0.2) is 0 Å². The summed E-state index contributed by atoms with van der Waals surface area (Å²) in [7, 11) is 1.97. The standard InChI is InChI=1S/C17H27N3O2/c1-3-4-11-19(2)16(14-7-5-6-8-15(14)21)17(22)20-12-9-18-10-13-20/h5-8,16,18,21H,3-4,9-13H2,1-2H3. The van der Waals surface area contributed by atoms with Gasteiger partial charge in [-0.3, -0.25) is 9.69 Å². The highest BCUT2D eigenvalue weighted by Crippen LogP contribution is 2.29. The number of carbonyl (C=O) groups is 1. The number of likely N-dealkylation sites (N-methyl/N-ethyl adjacent to an activating group) is 1. The van der Waals surface area contributed by atoms with E-state index in [4.69, 9.17) is 0 Å². The van der Waals surface area contributed by atoms with Gasteiger partial charge in [0, 0.05) is 31.7 Å². The number of hydrogen-bond donors (Lipinski definition) is 2. The lowest BCUT2D eigenvalue weighted by atomic mass is 10.0. The summed E-state index contributed by atoms with van der Waals surface area (Å²) in [5.41, 5.74) is 0.699. The van der Waals surface area contributed by atoms with Crippen molar-refractivity contribution in [3.8, 4) is 5.75 Å². The van der Waals surface area contributed by atoms with Gasteiger partial charge in [0.1, 0.15) is 11.8 Å². The number of para-hydroxylation sites is 1. The van der Waals surface area contributed by atoms with Crippen molar-refractivity contribution in [2.24, 2.45) is 0 Å². The molecule has 0 aliphatic carbocycles. The number of hydrogen-bond acceptors (Lipinski definition) is 4.